The zero-order valence-electron chi connectivity index (χ0n) is 19.1. The van der Waals surface area contributed by atoms with Crippen LogP contribution in [-0.4, -0.2) is 41.2 Å². The SMILES string of the molecule is Cc1cc(NC(=O)CSc2nnc(-c3cccnc3)n2Cc2ccccc2)n(-c2ccccc2)n1. The van der Waals surface area contributed by atoms with E-state index in [4.69, 9.17) is 0 Å². The molecule has 3 aromatic heterocycles. The molecule has 9 heteroatoms. The lowest BCUT2D eigenvalue weighted by atomic mass is 10.2. The molecule has 0 atom stereocenters. The van der Waals surface area contributed by atoms with Crippen LogP contribution >= 0.6 is 11.8 Å². The summed E-state index contributed by atoms with van der Waals surface area (Å²) in [6.45, 7) is 2.48. The van der Waals surface area contributed by atoms with Crippen molar-refractivity contribution in [1.29, 1.82) is 0 Å². The zero-order chi connectivity index (χ0) is 24.0. The summed E-state index contributed by atoms with van der Waals surface area (Å²) in [4.78, 5) is 17.1. The van der Waals surface area contributed by atoms with E-state index in [1.54, 1.807) is 17.1 Å². The fourth-order valence-electron chi connectivity index (χ4n) is 3.68. The van der Waals surface area contributed by atoms with E-state index in [1.807, 2.05) is 78.2 Å². The third-order valence-electron chi connectivity index (χ3n) is 5.25. The number of hydrogen-bond donors (Lipinski definition) is 1. The molecule has 0 aliphatic rings. The van der Waals surface area contributed by atoms with Crippen LogP contribution in [0.5, 0.6) is 0 Å². The molecule has 0 spiro atoms. The number of hydrogen-bond acceptors (Lipinski definition) is 6. The minimum atomic E-state index is -0.149. The predicted octanol–water partition coefficient (Wildman–Crippen LogP) is 4.61. The average molecular weight is 482 g/mol. The Labute approximate surface area is 207 Å². The van der Waals surface area contributed by atoms with Crippen LogP contribution in [0.2, 0.25) is 0 Å². The molecular formula is C26H23N7OS. The van der Waals surface area contributed by atoms with Gasteiger partial charge in [-0.25, -0.2) is 4.68 Å². The topological polar surface area (TPSA) is 90.5 Å². The van der Waals surface area contributed by atoms with Gasteiger partial charge in [0, 0.05) is 24.0 Å². The molecule has 8 nitrogen and oxygen atoms in total. The fraction of sp³-hybridized carbons (Fsp3) is 0.115. The highest BCUT2D eigenvalue weighted by Gasteiger charge is 2.17. The van der Waals surface area contributed by atoms with Gasteiger partial charge in [-0.05, 0) is 36.8 Å². The van der Waals surface area contributed by atoms with Gasteiger partial charge in [-0.1, -0.05) is 60.3 Å². The molecule has 0 unspecified atom stereocenters. The maximum Gasteiger partial charge on any atom is 0.236 e. The highest BCUT2D eigenvalue weighted by molar-refractivity contribution is 7.99. The summed E-state index contributed by atoms with van der Waals surface area (Å²) in [7, 11) is 0. The van der Waals surface area contributed by atoms with Gasteiger partial charge in [0.2, 0.25) is 5.91 Å². The molecule has 5 rings (SSSR count). The Morgan fingerprint density at radius 3 is 2.49 bits per heavy atom. The first-order valence-corrected chi connectivity index (χ1v) is 12.1. The number of benzene rings is 2. The molecule has 5 aromatic rings. The average Bonchev–Trinajstić information content (AvgIpc) is 3.47. The summed E-state index contributed by atoms with van der Waals surface area (Å²) in [6.07, 6.45) is 3.49. The van der Waals surface area contributed by atoms with Crippen molar-refractivity contribution in [2.24, 2.45) is 0 Å². The van der Waals surface area contributed by atoms with Crippen LogP contribution in [0.25, 0.3) is 17.1 Å². The highest BCUT2D eigenvalue weighted by atomic mass is 32.2. The highest BCUT2D eigenvalue weighted by Crippen LogP contribution is 2.25. The molecule has 2 aromatic carbocycles. The van der Waals surface area contributed by atoms with Gasteiger partial charge in [0.25, 0.3) is 0 Å². The largest absolute Gasteiger partial charge is 0.310 e. The van der Waals surface area contributed by atoms with Gasteiger partial charge >= 0.3 is 0 Å². The van der Waals surface area contributed by atoms with E-state index >= 15 is 0 Å². The Morgan fingerprint density at radius 1 is 0.971 bits per heavy atom. The van der Waals surface area contributed by atoms with E-state index in [1.165, 1.54) is 11.8 Å². The molecule has 35 heavy (non-hydrogen) atoms. The Kier molecular flexibility index (Phi) is 6.67. The van der Waals surface area contributed by atoms with E-state index in [0.29, 0.717) is 23.3 Å². The van der Waals surface area contributed by atoms with Crippen LogP contribution < -0.4 is 5.32 Å². The van der Waals surface area contributed by atoms with Crippen LogP contribution in [0.1, 0.15) is 11.3 Å². The number of nitrogens with zero attached hydrogens (tertiary/aromatic N) is 6. The second-order valence-electron chi connectivity index (χ2n) is 7.87. The molecule has 0 aliphatic carbocycles. The van der Waals surface area contributed by atoms with Gasteiger partial charge in [0.1, 0.15) is 5.82 Å². The molecule has 0 saturated heterocycles. The summed E-state index contributed by atoms with van der Waals surface area (Å²) in [5.41, 5.74) is 3.69. The lowest BCUT2D eigenvalue weighted by molar-refractivity contribution is -0.113. The number of thioether (sulfide) groups is 1. The van der Waals surface area contributed by atoms with Crippen molar-refractivity contribution in [2.75, 3.05) is 11.1 Å². The van der Waals surface area contributed by atoms with Crippen molar-refractivity contribution in [1.82, 2.24) is 29.5 Å². The molecule has 0 bridgehead atoms. The fourth-order valence-corrected chi connectivity index (χ4v) is 4.41. The number of anilines is 1. The molecule has 0 saturated carbocycles. The number of nitrogens with one attached hydrogen (secondary N) is 1. The van der Waals surface area contributed by atoms with Crippen molar-refractivity contribution in [3.63, 3.8) is 0 Å². The smallest absolute Gasteiger partial charge is 0.236 e. The monoisotopic (exact) mass is 481 g/mol. The minimum Gasteiger partial charge on any atom is -0.310 e. The predicted molar refractivity (Wildman–Crippen MR) is 136 cm³/mol. The third-order valence-corrected chi connectivity index (χ3v) is 6.22. The van der Waals surface area contributed by atoms with E-state index in [2.05, 4.69) is 37.7 Å². The quantitative estimate of drug-likeness (QED) is 0.326. The summed E-state index contributed by atoms with van der Waals surface area (Å²) in [5, 5.41) is 17.0. The lowest BCUT2D eigenvalue weighted by Crippen LogP contribution is -2.17. The van der Waals surface area contributed by atoms with Crippen molar-refractivity contribution in [3.05, 3.63) is 103 Å². The van der Waals surface area contributed by atoms with Crippen LogP contribution in [0.3, 0.4) is 0 Å². The van der Waals surface area contributed by atoms with Gasteiger partial charge in [0.15, 0.2) is 11.0 Å². The van der Waals surface area contributed by atoms with Gasteiger partial charge in [-0.3, -0.25) is 14.3 Å². The Hall–Kier alpha value is -4.24. The Bertz CT molecular complexity index is 1420. The number of aromatic nitrogens is 6. The van der Waals surface area contributed by atoms with Crippen molar-refractivity contribution in [3.8, 4) is 17.1 Å². The number of carbonyl (C=O) groups is 1. The summed E-state index contributed by atoms with van der Waals surface area (Å²) in [6, 6.07) is 25.5. The van der Waals surface area contributed by atoms with Crippen LogP contribution in [0, 0.1) is 6.92 Å². The number of para-hydroxylation sites is 1. The maximum atomic E-state index is 12.9. The number of aryl methyl sites for hydroxylation is 1. The first-order valence-electron chi connectivity index (χ1n) is 11.1. The first-order chi connectivity index (χ1) is 17.2. The van der Waals surface area contributed by atoms with Crippen LogP contribution in [0.15, 0.2) is 96.4 Å². The van der Waals surface area contributed by atoms with Gasteiger partial charge in [-0.15, -0.1) is 10.2 Å². The molecule has 1 N–H and O–H groups in total. The summed E-state index contributed by atoms with van der Waals surface area (Å²) in [5.74, 6) is 1.37. The van der Waals surface area contributed by atoms with Crippen molar-refractivity contribution < 1.29 is 4.79 Å². The van der Waals surface area contributed by atoms with E-state index < -0.39 is 0 Å². The molecule has 0 aliphatic heterocycles. The second-order valence-corrected chi connectivity index (χ2v) is 8.82. The first kappa shape index (κ1) is 22.5. The van der Waals surface area contributed by atoms with Gasteiger partial charge < -0.3 is 5.32 Å². The maximum absolute atomic E-state index is 12.9. The normalized spacial score (nSPS) is 10.9. The standard InChI is InChI=1S/C26H23N7OS/c1-19-15-23(33(31-19)22-12-6-3-7-13-22)28-24(34)18-35-26-30-29-25(21-11-8-14-27-16-21)32(26)17-20-9-4-2-5-10-20/h2-16H,17-18H2,1H3,(H,28,34). The minimum absolute atomic E-state index is 0.149. The van der Waals surface area contributed by atoms with Gasteiger partial charge in [-0.2, -0.15) is 5.10 Å². The number of rotatable bonds is 8. The van der Waals surface area contributed by atoms with Gasteiger partial charge in [0.05, 0.1) is 23.7 Å². The van der Waals surface area contributed by atoms with Crippen molar-refractivity contribution >= 4 is 23.5 Å². The van der Waals surface area contributed by atoms with E-state index in [9.17, 15) is 4.79 Å². The molecular weight excluding hydrogens is 458 g/mol. The zero-order valence-corrected chi connectivity index (χ0v) is 19.9. The molecule has 174 valence electrons. The third kappa shape index (κ3) is 5.30. The molecule has 1 amide bonds. The Morgan fingerprint density at radius 2 is 1.74 bits per heavy atom. The number of amides is 1. The molecule has 3 heterocycles. The number of pyridine rings is 1. The molecule has 0 radical (unpaired) electrons. The van der Waals surface area contributed by atoms with E-state index in [-0.39, 0.29) is 11.7 Å². The van der Waals surface area contributed by atoms with Crippen LogP contribution in [0.4, 0.5) is 5.82 Å². The number of carbonyl (C=O) groups excluding carboxylic acids is 1. The lowest BCUT2D eigenvalue weighted by Gasteiger charge is -2.11. The van der Waals surface area contributed by atoms with Crippen LogP contribution in [-0.2, 0) is 11.3 Å². The summed E-state index contributed by atoms with van der Waals surface area (Å²) < 4.78 is 3.75. The summed E-state index contributed by atoms with van der Waals surface area (Å²) >= 11 is 1.34. The second kappa shape index (κ2) is 10.4. The van der Waals surface area contributed by atoms with E-state index in [0.717, 1.165) is 22.5 Å². The van der Waals surface area contributed by atoms with Crippen molar-refractivity contribution in [2.45, 2.75) is 18.6 Å². The Balaban J connectivity index is 1.35. The molecule has 0 fully saturated rings.